The molecule has 5 nitrogen and oxygen atoms in total. The van der Waals surface area contributed by atoms with Gasteiger partial charge in [-0.15, -0.1) is 0 Å². The maximum absolute atomic E-state index is 8.51. The molecule has 74 valence electrons. The van der Waals surface area contributed by atoms with Crippen LogP contribution >= 0.6 is 0 Å². The highest BCUT2D eigenvalue weighted by Gasteiger charge is 2.15. The van der Waals surface area contributed by atoms with E-state index in [1.165, 1.54) is 12.4 Å². The molecular weight excluding hydrogens is 178 g/mol. The average molecular weight is 191 g/mol. The first-order chi connectivity index (χ1) is 6.57. The lowest BCUT2D eigenvalue weighted by Gasteiger charge is -2.24. The van der Waals surface area contributed by atoms with Gasteiger partial charge in [0.2, 0.25) is 0 Å². The third-order valence-corrected chi connectivity index (χ3v) is 1.74. The van der Waals surface area contributed by atoms with Gasteiger partial charge >= 0.3 is 0 Å². The standard InChI is InChI=1S/C9H13N5/c1-9(2,6-11)14-8-5-12-7(3-10)4-13-8/h4-5H,6,11H2,1-2H3,(H,13,14). The highest BCUT2D eigenvalue weighted by molar-refractivity contribution is 5.36. The molecular formula is C9H13N5. The predicted molar refractivity (Wildman–Crippen MR) is 53.5 cm³/mol. The molecule has 1 rings (SSSR count). The topological polar surface area (TPSA) is 87.6 Å². The summed E-state index contributed by atoms with van der Waals surface area (Å²) in [5.41, 5.74) is 5.63. The number of hydrogen-bond acceptors (Lipinski definition) is 5. The van der Waals surface area contributed by atoms with Gasteiger partial charge in [0.1, 0.15) is 11.9 Å². The Hall–Kier alpha value is -1.67. The van der Waals surface area contributed by atoms with Gasteiger partial charge < -0.3 is 11.1 Å². The van der Waals surface area contributed by atoms with Crippen molar-refractivity contribution < 1.29 is 0 Å². The third kappa shape index (κ3) is 2.68. The Bertz CT molecular complexity index is 335. The molecule has 0 atom stereocenters. The summed E-state index contributed by atoms with van der Waals surface area (Å²) in [4.78, 5) is 7.92. The Morgan fingerprint density at radius 1 is 1.50 bits per heavy atom. The summed E-state index contributed by atoms with van der Waals surface area (Å²) in [5, 5.41) is 11.6. The molecule has 0 aliphatic carbocycles. The van der Waals surface area contributed by atoms with Gasteiger partial charge in [-0.05, 0) is 13.8 Å². The van der Waals surface area contributed by atoms with E-state index in [2.05, 4.69) is 15.3 Å². The fourth-order valence-corrected chi connectivity index (χ4v) is 0.848. The van der Waals surface area contributed by atoms with E-state index in [-0.39, 0.29) is 5.54 Å². The molecule has 0 aromatic carbocycles. The first-order valence-electron chi connectivity index (χ1n) is 4.28. The maximum Gasteiger partial charge on any atom is 0.158 e. The monoisotopic (exact) mass is 191 g/mol. The Morgan fingerprint density at radius 3 is 2.64 bits per heavy atom. The minimum atomic E-state index is -0.219. The summed E-state index contributed by atoms with van der Waals surface area (Å²) in [6, 6.07) is 1.90. The normalized spacial score (nSPS) is 10.7. The van der Waals surface area contributed by atoms with Gasteiger partial charge in [0.25, 0.3) is 0 Å². The number of nitrogens with one attached hydrogen (secondary N) is 1. The first kappa shape index (κ1) is 10.4. The Kier molecular flexibility index (Phi) is 2.99. The number of anilines is 1. The molecule has 0 aliphatic heterocycles. The summed E-state index contributed by atoms with van der Waals surface area (Å²) in [7, 11) is 0. The van der Waals surface area contributed by atoms with Crippen molar-refractivity contribution in [3.63, 3.8) is 0 Å². The van der Waals surface area contributed by atoms with Crippen molar-refractivity contribution in [3.05, 3.63) is 18.1 Å². The molecule has 0 radical (unpaired) electrons. The Labute approximate surface area is 83.0 Å². The SMILES string of the molecule is CC(C)(CN)Nc1cnc(C#N)cn1. The smallest absolute Gasteiger partial charge is 0.158 e. The number of hydrogen-bond donors (Lipinski definition) is 2. The zero-order valence-electron chi connectivity index (χ0n) is 8.28. The van der Waals surface area contributed by atoms with E-state index in [1.54, 1.807) is 0 Å². The van der Waals surface area contributed by atoms with Gasteiger partial charge in [0, 0.05) is 12.1 Å². The number of nitrogens with two attached hydrogens (primary N) is 1. The van der Waals surface area contributed by atoms with Gasteiger partial charge in [-0.1, -0.05) is 0 Å². The highest BCUT2D eigenvalue weighted by atomic mass is 15.1. The van der Waals surface area contributed by atoms with E-state index < -0.39 is 0 Å². The van der Waals surface area contributed by atoms with Crippen LogP contribution in [0.5, 0.6) is 0 Å². The van der Waals surface area contributed by atoms with Crippen LogP contribution in [0.3, 0.4) is 0 Å². The van der Waals surface area contributed by atoms with Crippen molar-refractivity contribution in [2.24, 2.45) is 5.73 Å². The number of nitriles is 1. The molecule has 0 fully saturated rings. The first-order valence-corrected chi connectivity index (χ1v) is 4.28. The van der Waals surface area contributed by atoms with Crippen molar-refractivity contribution in [1.29, 1.82) is 5.26 Å². The van der Waals surface area contributed by atoms with Crippen LogP contribution in [0.4, 0.5) is 5.82 Å². The molecule has 0 bridgehead atoms. The quantitative estimate of drug-likeness (QED) is 0.726. The second-order valence-electron chi connectivity index (χ2n) is 3.61. The summed E-state index contributed by atoms with van der Waals surface area (Å²) in [5.74, 6) is 0.624. The molecule has 0 spiro atoms. The average Bonchev–Trinajstić information content (AvgIpc) is 2.19. The lowest BCUT2D eigenvalue weighted by Crippen LogP contribution is -2.39. The van der Waals surface area contributed by atoms with Gasteiger partial charge in [-0.3, -0.25) is 0 Å². The Balaban J connectivity index is 2.75. The summed E-state index contributed by atoms with van der Waals surface area (Å²) >= 11 is 0. The second kappa shape index (κ2) is 4.03. The minimum Gasteiger partial charge on any atom is -0.363 e. The van der Waals surface area contributed by atoms with E-state index in [0.29, 0.717) is 18.1 Å². The lowest BCUT2D eigenvalue weighted by molar-refractivity contribution is 0.577. The van der Waals surface area contributed by atoms with Crippen LogP contribution in [0, 0.1) is 11.3 Å². The van der Waals surface area contributed by atoms with Crippen molar-refractivity contribution in [1.82, 2.24) is 9.97 Å². The largest absolute Gasteiger partial charge is 0.363 e. The molecule has 1 aromatic heterocycles. The molecule has 5 heteroatoms. The van der Waals surface area contributed by atoms with E-state index in [0.717, 1.165) is 0 Å². The van der Waals surface area contributed by atoms with Gasteiger partial charge in [-0.2, -0.15) is 5.26 Å². The summed E-state index contributed by atoms with van der Waals surface area (Å²) in [6.45, 7) is 4.43. The van der Waals surface area contributed by atoms with Crippen LogP contribution in [0.1, 0.15) is 19.5 Å². The van der Waals surface area contributed by atoms with E-state index in [1.807, 2.05) is 19.9 Å². The predicted octanol–water partition coefficient (Wildman–Crippen LogP) is 0.497. The zero-order chi connectivity index (χ0) is 10.6. The van der Waals surface area contributed by atoms with Crippen LogP contribution in [0.2, 0.25) is 0 Å². The van der Waals surface area contributed by atoms with Crippen molar-refractivity contribution in [2.45, 2.75) is 19.4 Å². The van der Waals surface area contributed by atoms with Gasteiger partial charge in [0.05, 0.1) is 12.4 Å². The van der Waals surface area contributed by atoms with E-state index >= 15 is 0 Å². The van der Waals surface area contributed by atoms with Crippen molar-refractivity contribution in [2.75, 3.05) is 11.9 Å². The van der Waals surface area contributed by atoms with E-state index in [9.17, 15) is 0 Å². The molecule has 3 N–H and O–H groups in total. The number of rotatable bonds is 3. The number of aromatic nitrogens is 2. The van der Waals surface area contributed by atoms with Crippen molar-refractivity contribution >= 4 is 5.82 Å². The third-order valence-electron chi connectivity index (χ3n) is 1.74. The molecule has 0 unspecified atom stereocenters. The van der Waals surface area contributed by atoms with Crippen LogP contribution in [-0.2, 0) is 0 Å². The highest BCUT2D eigenvalue weighted by Crippen LogP contribution is 2.09. The van der Waals surface area contributed by atoms with Gasteiger partial charge in [-0.25, -0.2) is 9.97 Å². The number of nitrogens with zero attached hydrogens (tertiary/aromatic N) is 3. The summed E-state index contributed by atoms with van der Waals surface area (Å²) in [6.07, 6.45) is 2.95. The molecule has 0 aliphatic rings. The van der Waals surface area contributed by atoms with Crippen LogP contribution in [-0.4, -0.2) is 22.1 Å². The fraction of sp³-hybridized carbons (Fsp3) is 0.444. The Morgan fingerprint density at radius 2 is 2.21 bits per heavy atom. The van der Waals surface area contributed by atoms with Crippen LogP contribution in [0.15, 0.2) is 12.4 Å². The second-order valence-corrected chi connectivity index (χ2v) is 3.61. The summed E-state index contributed by atoms with van der Waals surface area (Å²) < 4.78 is 0. The van der Waals surface area contributed by atoms with Crippen LogP contribution in [0.25, 0.3) is 0 Å². The lowest BCUT2D eigenvalue weighted by atomic mass is 10.1. The molecule has 0 amide bonds. The minimum absolute atomic E-state index is 0.219. The fourth-order valence-electron chi connectivity index (χ4n) is 0.848. The molecule has 0 saturated carbocycles. The molecule has 14 heavy (non-hydrogen) atoms. The molecule has 0 saturated heterocycles. The molecule has 1 aromatic rings. The van der Waals surface area contributed by atoms with Crippen molar-refractivity contribution in [3.8, 4) is 6.07 Å². The van der Waals surface area contributed by atoms with E-state index in [4.69, 9.17) is 11.0 Å². The van der Waals surface area contributed by atoms with Gasteiger partial charge in [0.15, 0.2) is 5.69 Å². The zero-order valence-corrected chi connectivity index (χ0v) is 8.28. The van der Waals surface area contributed by atoms with Crippen LogP contribution < -0.4 is 11.1 Å². The molecule has 1 heterocycles. The maximum atomic E-state index is 8.51.